The molecular weight excluding hydrogens is 1060 g/mol. The van der Waals surface area contributed by atoms with Crippen molar-refractivity contribution in [3.05, 3.63) is 297 Å². The lowest BCUT2D eigenvalue weighted by atomic mass is 10.0. The number of pyridine rings is 1. The minimum Gasteiger partial charge on any atom is -0.308 e. The van der Waals surface area contributed by atoms with Crippen LogP contribution in [0.4, 0.5) is 0 Å². The van der Waals surface area contributed by atoms with Gasteiger partial charge in [-0.15, -0.1) is 0 Å². The molecule has 408 valence electrons. The zero-order valence-corrected chi connectivity index (χ0v) is 47.2. The Balaban J connectivity index is 1.08. The molecular formula is C78H51N9. The summed E-state index contributed by atoms with van der Waals surface area (Å²) in [5.41, 5.74) is 17.8. The molecule has 0 spiro atoms. The van der Waals surface area contributed by atoms with E-state index in [1.54, 1.807) is 0 Å². The van der Waals surface area contributed by atoms with Gasteiger partial charge in [0, 0.05) is 66.1 Å². The Morgan fingerprint density at radius 3 is 1.14 bits per heavy atom. The number of hydrogen-bond donors (Lipinski definition) is 0. The molecule has 87 heavy (non-hydrogen) atoms. The molecule has 0 aliphatic rings. The number of para-hydroxylation sites is 1. The Morgan fingerprint density at radius 2 is 0.609 bits per heavy atom. The van der Waals surface area contributed by atoms with Gasteiger partial charge in [-0.05, 0) is 78.7 Å². The number of benzene rings is 11. The standard InChI is InChI=1S/C78H51N9/c1-50-39-43-68-61(45-50)59-35-20-21-38-67(59)86(68)71-49-72(87-69-44-41-57(51-23-8-2-9-24-51)46-62(69)60-42-40-58(47-70(60)87)66-37-22-36-65(79-66)52-25-10-3-11-26-52)64(78-84-75(55-31-16-6-17-32-55)81-76(85-78)56-33-18-7-19-34-56)48-63(71)77-82-73(53-27-12-4-13-28-53)80-74(83-77)54-29-14-5-15-30-54/h2-49H,1H3. The van der Waals surface area contributed by atoms with E-state index in [0.29, 0.717) is 34.9 Å². The number of rotatable bonds is 11. The van der Waals surface area contributed by atoms with Crippen LogP contribution in [0.15, 0.2) is 291 Å². The molecule has 0 N–H and O–H groups in total. The van der Waals surface area contributed by atoms with Crippen LogP contribution in [0.2, 0.25) is 0 Å². The van der Waals surface area contributed by atoms with Crippen molar-refractivity contribution in [2.75, 3.05) is 0 Å². The lowest BCUT2D eigenvalue weighted by Gasteiger charge is -2.21. The monoisotopic (exact) mass is 1110 g/mol. The molecule has 0 fully saturated rings. The first-order chi connectivity index (χ1) is 43.0. The van der Waals surface area contributed by atoms with Gasteiger partial charge in [-0.2, -0.15) is 0 Å². The number of aryl methyl sites for hydroxylation is 1. The molecule has 16 rings (SSSR count). The summed E-state index contributed by atoms with van der Waals surface area (Å²) in [6.45, 7) is 2.15. The molecule has 5 aromatic heterocycles. The van der Waals surface area contributed by atoms with Gasteiger partial charge in [0.05, 0.1) is 44.8 Å². The third kappa shape index (κ3) is 9.27. The van der Waals surface area contributed by atoms with Crippen molar-refractivity contribution in [3.63, 3.8) is 0 Å². The second kappa shape index (κ2) is 21.4. The first kappa shape index (κ1) is 50.9. The second-order valence-corrected chi connectivity index (χ2v) is 21.8. The Kier molecular flexibility index (Phi) is 12.5. The summed E-state index contributed by atoms with van der Waals surface area (Å²) in [5, 5.41) is 4.40. The minimum absolute atomic E-state index is 0.466. The van der Waals surface area contributed by atoms with E-state index in [9.17, 15) is 0 Å². The number of fused-ring (bicyclic) bond motifs is 6. The van der Waals surface area contributed by atoms with Crippen LogP contribution in [0.25, 0.3) is 157 Å². The minimum atomic E-state index is 0.466. The number of nitrogens with zero attached hydrogens (tertiary/aromatic N) is 9. The van der Waals surface area contributed by atoms with Crippen molar-refractivity contribution < 1.29 is 0 Å². The Hall–Kier alpha value is -11.8. The first-order valence-corrected chi connectivity index (χ1v) is 29.1. The number of hydrogen-bond acceptors (Lipinski definition) is 7. The zero-order chi connectivity index (χ0) is 57.8. The Bertz CT molecular complexity index is 5150. The summed E-state index contributed by atoms with van der Waals surface area (Å²) in [7, 11) is 0. The maximum absolute atomic E-state index is 5.55. The fraction of sp³-hybridized carbons (Fsp3) is 0.0128. The van der Waals surface area contributed by atoms with Crippen molar-refractivity contribution in [3.8, 4) is 113 Å². The average molecular weight is 1110 g/mol. The van der Waals surface area contributed by atoms with Gasteiger partial charge in [-0.1, -0.05) is 236 Å². The van der Waals surface area contributed by atoms with Crippen molar-refractivity contribution in [2.24, 2.45) is 0 Å². The van der Waals surface area contributed by atoms with Crippen LogP contribution in [0.1, 0.15) is 5.56 Å². The fourth-order valence-corrected chi connectivity index (χ4v) is 12.1. The summed E-state index contributed by atoms with van der Waals surface area (Å²) in [6, 6.07) is 101. The zero-order valence-electron chi connectivity index (χ0n) is 47.2. The van der Waals surface area contributed by atoms with E-state index < -0.39 is 0 Å². The van der Waals surface area contributed by atoms with Crippen LogP contribution < -0.4 is 0 Å². The largest absolute Gasteiger partial charge is 0.308 e. The third-order valence-corrected chi connectivity index (χ3v) is 16.3. The van der Waals surface area contributed by atoms with E-state index in [1.165, 1.54) is 0 Å². The Labute approximate surface area is 502 Å². The molecule has 9 nitrogen and oxygen atoms in total. The van der Waals surface area contributed by atoms with Gasteiger partial charge in [0.1, 0.15) is 0 Å². The highest BCUT2D eigenvalue weighted by Gasteiger charge is 2.27. The quantitative estimate of drug-likeness (QED) is 0.127. The molecule has 0 bridgehead atoms. The van der Waals surface area contributed by atoms with Crippen LogP contribution >= 0.6 is 0 Å². The van der Waals surface area contributed by atoms with Gasteiger partial charge >= 0.3 is 0 Å². The lowest BCUT2D eigenvalue weighted by molar-refractivity contribution is 1.05. The highest BCUT2D eigenvalue weighted by Crippen LogP contribution is 2.45. The van der Waals surface area contributed by atoms with E-state index in [0.717, 1.165) is 128 Å². The molecule has 0 atom stereocenters. The molecule has 16 aromatic rings. The predicted molar refractivity (Wildman–Crippen MR) is 353 cm³/mol. The molecule has 0 saturated carbocycles. The van der Waals surface area contributed by atoms with Gasteiger partial charge in [0.15, 0.2) is 34.9 Å². The highest BCUT2D eigenvalue weighted by molar-refractivity contribution is 6.13. The molecule has 0 aliphatic carbocycles. The van der Waals surface area contributed by atoms with E-state index >= 15 is 0 Å². The van der Waals surface area contributed by atoms with Gasteiger partial charge in [-0.25, -0.2) is 34.9 Å². The van der Waals surface area contributed by atoms with Crippen molar-refractivity contribution >= 4 is 43.6 Å². The summed E-state index contributed by atoms with van der Waals surface area (Å²) >= 11 is 0. The molecule has 0 saturated heterocycles. The molecule has 5 heterocycles. The van der Waals surface area contributed by atoms with Crippen LogP contribution in [-0.2, 0) is 0 Å². The summed E-state index contributed by atoms with van der Waals surface area (Å²) in [6.07, 6.45) is 0. The van der Waals surface area contributed by atoms with Crippen LogP contribution in [0.3, 0.4) is 0 Å². The smallest absolute Gasteiger partial charge is 0.166 e. The van der Waals surface area contributed by atoms with E-state index in [4.69, 9.17) is 34.9 Å². The van der Waals surface area contributed by atoms with Crippen LogP contribution in [0.5, 0.6) is 0 Å². The van der Waals surface area contributed by atoms with Crippen molar-refractivity contribution in [2.45, 2.75) is 6.92 Å². The van der Waals surface area contributed by atoms with Gasteiger partial charge < -0.3 is 9.13 Å². The molecule has 0 amide bonds. The third-order valence-electron chi connectivity index (χ3n) is 16.3. The first-order valence-electron chi connectivity index (χ1n) is 29.1. The molecule has 11 aromatic carbocycles. The van der Waals surface area contributed by atoms with Crippen molar-refractivity contribution in [1.82, 2.24) is 44.0 Å². The normalized spacial score (nSPS) is 11.5. The molecule has 0 unspecified atom stereocenters. The summed E-state index contributed by atoms with van der Waals surface area (Å²) in [4.78, 5) is 37.9. The van der Waals surface area contributed by atoms with Gasteiger partial charge in [-0.3, -0.25) is 0 Å². The highest BCUT2D eigenvalue weighted by atomic mass is 15.1. The Morgan fingerprint density at radius 1 is 0.218 bits per heavy atom. The van der Waals surface area contributed by atoms with E-state index in [2.05, 4.69) is 180 Å². The molecule has 0 radical (unpaired) electrons. The van der Waals surface area contributed by atoms with Crippen LogP contribution in [0, 0.1) is 6.92 Å². The SMILES string of the molecule is Cc1ccc2c(c1)c1ccccc1n2-c1cc(-n2c3ccc(-c4ccccc4)cc3c3ccc(-c4cccc(-c5ccccc5)n4)cc32)c(-c2nc(-c3ccccc3)nc(-c3ccccc3)n2)cc1-c1nc(-c2ccccc2)nc(-c2ccccc2)n1. The van der Waals surface area contributed by atoms with E-state index in [-0.39, 0.29) is 0 Å². The molecule has 9 heteroatoms. The maximum Gasteiger partial charge on any atom is 0.166 e. The van der Waals surface area contributed by atoms with Crippen LogP contribution in [-0.4, -0.2) is 44.0 Å². The number of aromatic nitrogens is 9. The summed E-state index contributed by atoms with van der Waals surface area (Å²) < 4.78 is 4.78. The maximum atomic E-state index is 5.55. The van der Waals surface area contributed by atoms with Gasteiger partial charge in [0.25, 0.3) is 0 Å². The fourth-order valence-electron chi connectivity index (χ4n) is 12.1. The average Bonchev–Trinajstić information content (AvgIpc) is 1.67. The lowest BCUT2D eigenvalue weighted by Crippen LogP contribution is -2.08. The van der Waals surface area contributed by atoms with E-state index in [1.807, 2.05) is 127 Å². The van der Waals surface area contributed by atoms with Gasteiger partial charge in [0.2, 0.25) is 0 Å². The second-order valence-electron chi connectivity index (χ2n) is 21.8. The molecule has 0 aliphatic heterocycles. The summed E-state index contributed by atoms with van der Waals surface area (Å²) in [5.74, 6) is 3.10. The predicted octanol–water partition coefficient (Wildman–Crippen LogP) is 19.0. The topological polar surface area (TPSA) is 100 Å². The van der Waals surface area contributed by atoms with Crippen molar-refractivity contribution in [1.29, 1.82) is 0 Å².